The van der Waals surface area contributed by atoms with Crippen molar-refractivity contribution in [2.75, 3.05) is 13.2 Å². The lowest BCUT2D eigenvalue weighted by Crippen LogP contribution is -2.10. The highest BCUT2D eigenvalue weighted by Crippen LogP contribution is 2.25. The first-order valence-electron chi connectivity index (χ1n) is 6.31. The molecule has 0 N–H and O–H groups in total. The Kier molecular flexibility index (Phi) is 4.86. The fourth-order valence-electron chi connectivity index (χ4n) is 1.73. The second kappa shape index (κ2) is 7.02. The van der Waals surface area contributed by atoms with Crippen molar-refractivity contribution in [3.63, 3.8) is 0 Å². The largest absolute Gasteiger partial charge is 0.490 e. The monoisotopic (exact) mass is 304 g/mol. The molecule has 0 aliphatic heterocycles. The lowest BCUT2D eigenvalue weighted by atomic mass is 10.3. The molecule has 0 saturated heterocycles. The molecule has 0 spiro atoms. The minimum atomic E-state index is -0.531. The predicted octanol–water partition coefficient (Wildman–Crippen LogP) is 2.96. The molecule has 0 amide bonds. The number of rotatable bonds is 7. The quantitative estimate of drug-likeness (QED) is 0.442. The number of nitrogens with zero attached hydrogens (tertiary/aromatic N) is 2. The van der Waals surface area contributed by atoms with Crippen molar-refractivity contribution >= 4 is 11.4 Å². The fourth-order valence-corrected chi connectivity index (χ4v) is 1.73. The summed E-state index contributed by atoms with van der Waals surface area (Å²) >= 11 is 0. The summed E-state index contributed by atoms with van der Waals surface area (Å²) in [6, 6.07) is 11.8. The zero-order valence-corrected chi connectivity index (χ0v) is 11.4. The maximum absolute atomic E-state index is 10.8. The van der Waals surface area contributed by atoms with E-state index >= 15 is 0 Å². The third-order valence-corrected chi connectivity index (χ3v) is 2.70. The molecular weight excluding hydrogens is 292 g/mol. The van der Waals surface area contributed by atoms with E-state index in [1.807, 2.05) is 0 Å². The van der Waals surface area contributed by atoms with Gasteiger partial charge in [-0.05, 0) is 12.1 Å². The van der Waals surface area contributed by atoms with E-state index in [9.17, 15) is 20.2 Å². The van der Waals surface area contributed by atoms with Gasteiger partial charge in [-0.3, -0.25) is 20.2 Å². The topological polar surface area (TPSA) is 105 Å². The summed E-state index contributed by atoms with van der Waals surface area (Å²) < 4.78 is 10.6. The van der Waals surface area contributed by atoms with Gasteiger partial charge in [0.2, 0.25) is 0 Å². The second-order valence-electron chi connectivity index (χ2n) is 4.18. The molecule has 0 atom stereocenters. The minimum absolute atomic E-state index is 0.0721. The van der Waals surface area contributed by atoms with Crippen LogP contribution < -0.4 is 9.47 Å². The van der Waals surface area contributed by atoms with Crippen LogP contribution in [0.5, 0.6) is 11.5 Å². The summed E-state index contributed by atoms with van der Waals surface area (Å²) in [5, 5.41) is 21.4. The van der Waals surface area contributed by atoms with E-state index in [0.29, 0.717) is 5.75 Å². The number of para-hydroxylation sites is 2. The molecule has 0 saturated carbocycles. The van der Waals surface area contributed by atoms with Crippen LogP contribution in [0.3, 0.4) is 0 Å². The van der Waals surface area contributed by atoms with Gasteiger partial charge in [0.25, 0.3) is 5.69 Å². The van der Waals surface area contributed by atoms with Gasteiger partial charge in [0.05, 0.1) is 15.9 Å². The first-order chi connectivity index (χ1) is 10.6. The minimum Gasteiger partial charge on any atom is -0.490 e. The van der Waals surface area contributed by atoms with Crippen LogP contribution in [0.1, 0.15) is 0 Å². The summed E-state index contributed by atoms with van der Waals surface area (Å²) in [5.41, 5.74) is -0.199. The van der Waals surface area contributed by atoms with Crippen LogP contribution in [0.4, 0.5) is 11.4 Å². The Hall–Kier alpha value is -3.16. The van der Waals surface area contributed by atoms with Crippen molar-refractivity contribution in [1.82, 2.24) is 0 Å². The molecule has 2 rings (SSSR count). The van der Waals surface area contributed by atoms with Crippen LogP contribution in [-0.2, 0) is 0 Å². The van der Waals surface area contributed by atoms with Crippen molar-refractivity contribution < 1.29 is 19.3 Å². The van der Waals surface area contributed by atoms with Gasteiger partial charge in [0.15, 0.2) is 5.75 Å². The lowest BCUT2D eigenvalue weighted by Gasteiger charge is -2.08. The first kappa shape index (κ1) is 15.2. The summed E-state index contributed by atoms with van der Waals surface area (Å²) in [5.74, 6) is 0.482. The summed E-state index contributed by atoms with van der Waals surface area (Å²) in [4.78, 5) is 20.4. The van der Waals surface area contributed by atoms with Crippen molar-refractivity contribution in [3.8, 4) is 11.5 Å². The highest BCUT2D eigenvalue weighted by molar-refractivity contribution is 5.45. The highest BCUT2D eigenvalue weighted by atomic mass is 16.6. The number of non-ortho nitro benzene ring substituents is 1. The third-order valence-electron chi connectivity index (χ3n) is 2.70. The Morgan fingerprint density at radius 1 is 0.864 bits per heavy atom. The highest BCUT2D eigenvalue weighted by Gasteiger charge is 2.13. The van der Waals surface area contributed by atoms with Gasteiger partial charge in [0, 0.05) is 12.1 Å². The molecule has 2 aromatic rings. The molecule has 114 valence electrons. The van der Waals surface area contributed by atoms with Crippen LogP contribution in [0.15, 0.2) is 48.5 Å². The van der Waals surface area contributed by atoms with E-state index in [0.717, 1.165) is 0 Å². The van der Waals surface area contributed by atoms with Crippen LogP contribution in [0, 0.1) is 20.2 Å². The van der Waals surface area contributed by atoms with E-state index in [1.165, 1.54) is 30.3 Å². The predicted molar refractivity (Wildman–Crippen MR) is 77.2 cm³/mol. The molecular formula is C14H12N2O6. The Bertz CT molecular complexity index is 689. The SMILES string of the molecule is O=[N+]([O-])c1cccc(OCCOc2ccccc2[N+](=O)[O-])c1. The molecule has 0 aromatic heterocycles. The fraction of sp³-hybridized carbons (Fsp3) is 0.143. The Morgan fingerprint density at radius 3 is 2.32 bits per heavy atom. The van der Waals surface area contributed by atoms with Crippen LogP contribution >= 0.6 is 0 Å². The number of hydrogen-bond acceptors (Lipinski definition) is 6. The number of nitro groups is 2. The van der Waals surface area contributed by atoms with Crippen molar-refractivity contribution in [2.45, 2.75) is 0 Å². The van der Waals surface area contributed by atoms with Gasteiger partial charge in [-0.1, -0.05) is 18.2 Å². The van der Waals surface area contributed by atoms with Gasteiger partial charge in [-0.15, -0.1) is 0 Å². The summed E-state index contributed by atoms with van der Waals surface area (Å²) in [6.45, 7) is 0.181. The van der Waals surface area contributed by atoms with Gasteiger partial charge < -0.3 is 9.47 Å². The summed E-state index contributed by atoms with van der Waals surface area (Å²) in [7, 11) is 0. The average Bonchev–Trinajstić information content (AvgIpc) is 2.52. The molecule has 8 heteroatoms. The van der Waals surface area contributed by atoms with E-state index < -0.39 is 9.85 Å². The molecule has 22 heavy (non-hydrogen) atoms. The maximum Gasteiger partial charge on any atom is 0.310 e. The van der Waals surface area contributed by atoms with Crippen molar-refractivity contribution in [3.05, 3.63) is 68.8 Å². The first-order valence-corrected chi connectivity index (χ1v) is 6.31. The zero-order valence-electron chi connectivity index (χ0n) is 11.4. The molecule has 0 heterocycles. The molecule has 0 unspecified atom stereocenters. The molecule has 0 bridgehead atoms. The second-order valence-corrected chi connectivity index (χ2v) is 4.18. The average molecular weight is 304 g/mol. The molecule has 2 aromatic carbocycles. The third kappa shape index (κ3) is 3.92. The van der Waals surface area contributed by atoms with Gasteiger partial charge in [-0.25, -0.2) is 0 Å². The van der Waals surface area contributed by atoms with Gasteiger partial charge >= 0.3 is 5.69 Å². The number of benzene rings is 2. The van der Waals surface area contributed by atoms with Gasteiger partial charge in [-0.2, -0.15) is 0 Å². The molecule has 8 nitrogen and oxygen atoms in total. The molecule has 0 fully saturated rings. The van der Waals surface area contributed by atoms with Crippen LogP contribution in [0.25, 0.3) is 0 Å². The standard InChI is InChI=1S/C14H12N2O6/c17-15(18)11-4-3-5-12(10-11)21-8-9-22-14-7-2-1-6-13(14)16(19)20/h1-7,10H,8-9H2. The Morgan fingerprint density at radius 2 is 1.59 bits per heavy atom. The number of nitro benzene ring substituents is 2. The Balaban J connectivity index is 1.89. The van der Waals surface area contributed by atoms with Crippen LogP contribution in [-0.4, -0.2) is 23.1 Å². The number of hydrogen-bond donors (Lipinski definition) is 0. The maximum atomic E-state index is 10.8. The van der Waals surface area contributed by atoms with Crippen molar-refractivity contribution in [2.24, 2.45) is 0 Å². The van der Waals surface area contributed by atoms with Gasteiger partial charge in [0.1, 0.15) is 19.0 Å². The van der Waals surface area contributed by atoms with Crippen LogP contribution in [0.2, 0.25) is 0 Å². The molecule has 0 aliphatic carbocycles. The van der Waals surface area contributed by atoms with E-state index in [1.54, 1.807) is 18.2 Å². The normalized spacial score (nSPS) is 10.0. The van der Waals surface area contributed by atoms with E-state index in [2.05, 4.69) is 0 Å². The lowest BCUT2D eigenvalue weighted by molar-refractivity contribution is -0.385. The Labute approximate surface area is 125 Å². The van der Waals surface area contributed by atoms with E-state index in [-0.39, 0.29) is 30.3 Å². The zero-order chi connectivity index (χ0) is 15.9. The van der Waals surface area contributed by atoms with Crippen molar-refractivity contribution in [1.29, 1.82) is 0 Å². The van der Waals surface area contributed by atoms with E-state index in [4.69, 9.17) is 9.47 Å². The summed E-state index contributed by atoms with van der Waals surface area (Å²) in [6.07, 6.45) is 0. The smallest absolute Gasteiger partial charge is 0.310 e. The molecule has 0 aliphatic rings. The number of ether oxygens (including phenoxy) is 2. The molecule has 0 radical (unpaired) electrons.